The van der Waals surface area contributed by atoms with Gasteiger partial charge in [0.2, 0.25) is 0 Å². The Morgan fingerprint density at radius 1 is 1.26 bits per heavy atom. The van der Waals surface area contributed by atoms with Crippen molar-refractivity contribution in [2.45, 2.75) is 19.5 Å². The van der Waals surface area contributed by atoms with Gasteiger partial charge in [-0.15, -0.1) is 0 Å². The summed E-state index contributed by atoms with van der Waals surface area (Å²) < 4.78 is 5.78. The van der Waals surface area contributed by atoms with Crippen molar-refractivity contribution in [1.29, 1.82) is 0 Å². The van der Waals surface area contributed by atoms with E-state index in [1.807, 2.05) is 55.5 Å². The first-order valence-electron chi connectivity index (χ1n) is 7.53. The maximum atomic E-state index is 12.3. The third-order valence-electron chi connectivity index (χ3n) is 3.68. The first-order valence-corrected chi connectivity index (χ1v) is 7.53. The molecular formula is C18H19N3O2. The smallest absolute Gasteiger partial charge is 0.318 e. The Labute approximate surface area is 134 Å². The van der Waals surface area contributed by atoms with Gasteiger partial charge in [0.05, 0.1) is 18.3 Å². The molecule has 0 spiro atoms. The van der Waals surface area contributed by atoms with Crippen molar-refractivity contribution in [1.82, 2.24) is 15.2 Å². The summed E-state index contributed by atoms with van der Waals surface area (Å²) in [5.41, 5.74) is 1.67. The number of carbonyl (C=O) groups is 1. The van der Waals surface area contributed by atoms with Crippen LogP contribution in [0.4, 0.5) is 4.79 Å². The van der Waals surface area contributed by atoms with Gasteiger partial charge in [-0.25, -0.2) is 4.79 Å². The normalized spacial score (nSPS) is 12.1. The number of amides is 2. The zero-order valence-corrected chi connectivity index (χ0v) is 13.2. The zero-order chi connectivity index (χ0) is 16.2. The van der Waals surface area contributed by atoms with Crippen molar-refractivity contribution in [2.75, 3.05) is 7.05 Å². The number of rotatable bonds is 4. The molecule has 0 bridgehead atoms. The van der Waals surface area contributed by atoms with Crippen molar-refractivity contribution in [2.24, 2.45) is 0 Å². The van der Waals surface area contributed by atoms with Crippen LogP contribution in [0.25, 0.3) is 11.0 Å². The molecule has 1 aromatic carbocycles. The van der Waals surface area contributed by atoms with Crippen LogP contribution in [0.2, 0.25) is 0 Å². The van der Waals surface area contributed by atoms with E-state index >= 15 is 0 Å². The number of urea groups is 1. The summed E-state index contributed by atoms with van der Waals surface area (Å²) in [5, 5.41) is 3.98. The van der Waals surface area contributed by atoms with Gasteiger partial charge >= 0.3 is 6.03 Å². The molecule has 0 saturated carbocycles. The summed E-state index contributed by atoms with van der Waals surface area (Å²) in [5.74, 6) is 0.741. The van der Waals surface area contributed by atoms with Crippen LogP contribution >= 0.6 is 0 Å². The molecule has 1 unspecified atom stereocenters. The fourth-order valence-corrected chi connectivity index (χ4v) is 2.39. The van der Waals surface area contributed by atoms with E-state index in [0.717, 1.165) is 22.4 Å². The second kappa shape index (κ2) is 6.52. The lowest BCUT2D eigenvalue weighted by Gasteiger charge is -2.20. The molecule has 3 aromatic rings. The molecule has 0 fully saturated rings. The highest BCUT2D eigenvalue weighted by Crippen LogP contribution is 2.23. The molecule has 2 aromatic heterocycles. The fraction of sp³-hybridized carbons (Fsp3) is 0.222. The Balaban J connectivity index is 1.64. The highest BCUT2D eigenvalue weighted by molar-refractivity contribution is 5.78. The molecule has 0 saturated heterocycles. The van der Waals surface area contributed by atoms with E-state index in [9.17, 15) is 4.79 Å². The van der Waals surface area contributed by atoms with Crippen molar-refractivity contribution in [3.05, 3.63) is 66.2 Å². The molecule has 0 radical (unpaired) electrons. The number of hydrogen-bond donors (Lipinski definition) is 1. The molecule has 5 nitrogen and oxygen atoms in total. The average Bonchev–Trinajstić information content (AvgIpc) is 3.00. The number of hydrogen-bond acceptors (Lipinski definition) is 3. The second-order valence-corrected chi connectivity index (χ2v) is 5.53. The van der Waals surface area contributed by atoms with E-state index in [1.165, 1.54) is 0 Å². The Kier molecular flexibility index (Phi) is 4.28. The number of para-hydroxylation sites is 1. The standard InChI is InChI=1S/C18H19N3O2/c1-13(17-11-14-7-3-4-9-16(14)23-17)20-18(22)21(2)12-15-8-5-6-10-19-15/h3-11,13H,12H2,1-2H3,(H,20,22). The predicted octanol–water partition coefficient (Wildman–Crippen LogP) is 3.73. The quantitative estimate of drug-likeness (QED) is 0.799. The van der Waals surface area contributed by atoms with Gasteiger partial charge in [0.15, 0.2) is 0 Å². The average molecular weight is 309 g/mol. The van der Waals surface area contributed by atoms with Crippen molar-refractivity contribution >= 4 is 17.0 Å². The van der Waals surface area contributed by atoms with Crippen LogP contribution in [0.15, 0.2) is 59.1 Å². The number of furan rings is 1. The van der Waals surface area contributed by atoms with Gasteiger partial charge in [-0.1, -0.05) is 24.3 Å². The minimum absolute atomic E-state index is 0.163. The largest absolute Gasteiger partial charge is 0.459 e. The molecule has 3 rings (SSSR count). The van der Waals surface area contributed by atoms with Crippen molar-refractivity contribution in [3.63, 3.8) is 0 Å². The van der Waals surface area contributed by atoms with Crippen molar-refractivity contribution < 1.29 is 9.21 Å². The third kappa shape index (κ3) is 3.51. The maximum Gasteiger partial charge on any atom is 0.318 e. The topological polar surface area (TPSA) is 58.4 Å². The van der Waals surface area contributed by atoms with Gasteiger partial charge in [-0.2, -0.15) is 0 Å². The molecule has 118 valence electrons. The number of benzene rings is 1. The number of nitrogens with one attached hydrogen (secondary N) is 1. The Hall–Kier alpha value is -2.82. The van der Waals surface area contributed by atoms with Gasteiger partial charge in [0.1, 0.15) is 11.3 Å². The van der Waals surface area contributed by atoms with E-state index < -0.39 is 0 Å². The van der Waals surface area contributed by atoms with Gasteiger partial charge < -0.3 is 14.6 Å². The maximum absolute atomic E-state index is 12.3. The lowest BCUT2D eigenvalue weighted by atomic mass is 10.2. The molecule has 23 heavy (non-hydrogen) atoms. The molecule has 2 amide bonds. The number of fused-ring (bicyclic) bond motifs is 1. The summed E-state index contributed by atoms with van der Waals surface area (Å²) in [6, 6.07) is 15.0. The molecule has 0 aliphatic rings. The minimum atomic E-state index is -0.207. The molecule has 1 N–H and O–H groups in total. The molecule has 0 aliphatic carbocycles. The van der Waals surface area contributed by atoms with Crippen LogP contribution in [0, 0.1) is 0 Å². The SMILES string of the molecule is CC(NC(=O)N(C)Cc1ccccn1)c1cc2ccccc2o1. The second-order valence-electron chi connectivity index (χ2n) is 5.53. The van der Waals surface area contributed by atoms with Gasteiger partial charge in [0, 0.05) is 18.6 Å². The van der Waals surface area contributed by atoms with Crippen LogP contribution in [0.1, 0.15) is 24.4 Å². The Morgan fingerprint density at radius 2 is 2.04 bits per heavy atom. The summed E-state index contributed by atoms with van der Waals surface area (Å²) in [4.78, 5) is 18.1. The van der Waals surface area contributed by atoms with Crippen LogP contribution < -0.4 is 5.32 Å². The van der Waals surface area contributed by atoms with E-state index in [1.54, 1.807) is 18.1 Å². The van der Waals surface area contributed by atoms with Gasteiger partial charge in [-0.05, 0) is 31.2 Å². The molecule has 2 heterocycles. The van der Waals surface area contributed by atoms with E-state index in [-0.39, 0.29) is 12.1 Å². The molecule has 5 heteroatoms. The van der Waals surface area contributed by atoms with E-state index in [4.69, 9.17) is 4.42 Å². The van der Waals surface area contributed by atoms with Crippen LogP contribution in [0.5, 0.6) is 0 Å². The monoisotopic (exact) mass is 309 g/mol. The predicted molar refractivity (Wildman–Crippen MR) is 88.9 cm³/mol. The number of aromatic nitrogens is 1. The zero-order valence-electron chi connectivity index (χ0n) is 13.2. The Morgan fingerprint density at radius 3 is 2.78 bits per heavy atom. The fourth-order valence-electron chi connectivity index (χ4n) is 2.39. The summed E-state index contributed by atoms with van der Waals surface area (Å²) in [6.45, 7) is 2.36. The molecule has 0 aliphatic heterocycles. The van der Waals surface area contributed by atoms with E-state index in [2.05, 4.69) is 10.3 Å². The van der Waals surface area contributed by atoms with Crippen LogP contribution in [-0.2, 0) is 6.54 Å². The highest BCUT2D eigenvalue weighted by Gasteiger charge is 2.17. The number of carbonyl (C=O) groups excluding carboxylic acids is 1. The number of pyridine rings is 1. The molecular weight excluding hydrogens is 290 g/mol. The minimum Gasteiger partial charge on any atom is -0.459 e. The summed E-state index contributed by atoms with van der Waals surface area (Å²) >= 11 is 0. The first-order chi connectivity index (χ1) is 11.1. The van der Waals surface area contributed by atoms with Gasteiger partial charge in [-0.3, -0.25) is 4.98 Å². The Bertz CT molecular complexity index is 765. The van der Waals surface area contributed by atoms with Gasteiger partial charge in [0.25, 0.3) is 0 Å². The van der Waals surface area contributed by atoms with Crippen molar-refractivity contribution in [3.8, 4) is 0 Å². The van der Waals surface area contributed by atoms with Crippen LogP contribution in [0.3, 0.4) is 0 Å². The number of nitrogens with zero attached hydrogens (tertiary/aromatic N) is 2. The first kappa shape index (κ1) is 15.1. The van der Waals surface area contributed by atoms with Crippen LogP contribution in [-0.4, -0.2) is 23.0 Å². The lowest BCUT2D eigenvalue weighted by molar-refractivity contribution is 0.201. The molecule has 1 atom stereocenters. The summed E-state index contributed by atoms with van der Waals surface area (Å²) in [7, 11) is 1.75. The highest BCUT2D eigenvalue weighted by atomic mass is 16.3. The lowest BCUT2D eigenvalue weighted by Crippen LogP contribution is -2.38. The third-order valence-corrected chi connectivity index (χ3v) is 3.68. The van der Waals surface area contributed by atoms with E-state index in [0.29, 0.717) is 6.54 Å². The summed E-state index contributed by atoms with van der Waals surface area (Å²) in [6.07, 6.45) is 1.72.